The molecule has 1 heterocycles. The molecule has 0 saturated heterocycles. The van der Waals surface area contributed by atoms with Crippen molar-refractivity contribution in [2.45, 2.75) is 39.5 Å². The normalized spacial score (nSPS) is 14.4. The van der Waals surface area contributed by atoms with Gasteiger partial charge in [-0.2, -0.15) is 5.10 Å². The number of carboxylic acid groups (broad SMARTS) is 1. The van der Waals surface area contributed by atoms with E-state index < -0.39 is 5.97 Å². The number of carboxylic acids is 1. The lowest BCUT2D eigenvalue weighted by atomic mass is 10.2. The fourth-order valence-corrected chi connectivity index (χ4v) is 2.05. The smallest absolute Gasteiger partial charge is 0.323 e. The average molecular weight is 264 g/mol. The van der Waals surface area contributed by atoms with Crippen molar-refractivity contribution < 1.29 is 9.90 Å². The number of aromatic nitrogens is 3. The van der Waals surface area contributed by atoms with Crippen LogP contribution in [-0.2, 0) is 17.6 Å². The van der Waals surface area contributed by atoms with E-state index in [0.29, 0.717) is 18.4 Å². The summed E-state index contributed by atoms with van der Waals surface area (Å²) in [6.07, 6.45) is 3.91. The van der Waals surface area contributed by atoms with E-state index in [-0.39, 0.29) is 6.54 Å². The van der Waals surface area contributed by atoms with E-state index in [4.69, 9.17) is 5.11 Å². The Bertz CT molecular complexity index is 460. The van der Waals surface area contributed by atoms with Crippen LogP contribution in [-0.4, -0.2) is 39.3 Å². The van der Waals surface area contributed by atoms with Crippen LogP contribution in [0.1, 0.15) is 38.1 Å². The molecular weight excluding hydrogens is 244 g/mol. The summed E-state index contributed by atoms with van der Waals surface area (Å²) in [6, 6.07) is 0. The molecule has 0 spiro atoms. The van der Waals surface area contributed by atoms with Gasteiger partial charge in [0.05, 0.1) is 11.4 Å². The molecule has 104 valence electrons. The molecule has 2 rings (SSSR count). The van der Waals surface area contributed by atoms with Crippen LogP contribution in [0.3, 0.4) is 0 Å². The number of anilines is 1. The summed E-state index contributed by atoms with van der Waals surface area (Å²) >= 11 is 0. The first-order valence-electron chi connectivity index (χ1n) is 6.83. The van der Waals surface area contributed by atoms with Gasteiger partial charge in [0.25, 0.3) is 0 Å². The Morgan fingerprint density at radius 1 is 1.26 bits per heavy atom. The molecule has 0 atom stereocenters. The molecule has 1 aliphatic rings. The van der Waals surface area contributed by atoms with Crippen LogP contribution in [0.15, 0.2) is 0 Å². The second-order valence-electron chi connectivity index (χ2n) is 4.93. The lowest BCUT2D eigenvalue weighted by Gasteiger charge is -2.20. The molecule has 1 aromatic heterocycles. The SMILES string of the molecule is CCc1nnc(N(CC(=O)O)CC2CC2)nc1CC. The van der Waals surface area contributed by atoms with E-state index in [9.17, 15) is 4.79 Å². The van der Waals surface area contributed by atoms with Crippen LogP contribution in [0, 0.1) is 5.92 Å². The predicted molar refractivity (Wildman–Crippen MR) is 71.2 cm³/mol. The second-order valence-corrected chi connectivity index (χ2v) is 4.93. The van der Waals surface area contributed by atoms with Crippen LogP contribution >= 0.6 is 0 Å². The maximum Gasteiger partial charge on any atom is 0.323 e. The summed E-state index contributed by atoms with van der Waals surface area (Å²) in [5.74, 6) is 0.170. The lowest BCUT2D eigenvalue weighted by molar-refractivity contribution is -0.135. The Morgan fingerprint density at radius 2 is 1.95 bits per heavy atom. The number of aryl methyl sites for hydroxylation is 2. The van der Waals surface area contributed by atoms with Crippen LogP contribution in [0.25, 0.3) is 0 Å². The van der Waals surface area contributed by atoms with Gasteiger partial charge in [0.1, 0.15) is 6.54 Å². The van der Waals surface area contributed by atoms with E-state index in [2.05, 4.69) is 15.2 Å². The average Bonchev–Trinajstić information content (AvgIpc) is 3.20. The molecule has 19 heavy (non-hydrogen) atoms. The van der Waals surface area contributed by atoms with Crippen molar-refractivity contribution in [3.63, 3.8) is 0 Å². The molecule has 0 bridgehead atoms. The Hall–Kier alpha value is -1.72. The molecule has 1 N–H and O–H groups in total. The van der Waals surface area contributed by atoms with E-state index in [1.165, 1.54) is 0 Å². The molecule has 0 unspecified atom stereocenters. The lowest BCUT2D eigenvalue weighted by Crippen LogP contribution is -2.33. The fourth-order valence-electron chi connectivity index (χ4n) is 2.05. The second kappa shape index (κ2) is 5.95. The third-order valence-electron chi connectivity index (χ3n) is 3.28. The van der Waals surface area contributed by atoms with Gasteiger partial charge in [-0.25, -0.2) is 4.98 Å². The molecule has 0 amide bonds. The third kappa shape index (κ3) is 3.62. The van der Waals surface area contributed by atoms with Gasteiger partial charge in [-0.05, 0) is 31.6 Å². The maximum atomic E-state index is 10.9. The first-order chi connectivity index (χ1) is 9.13. The van der Waals surface area contributed by atoms with Crippen LogP contribution < -0.4 is 4.90 Å². The van der Waals surface area contributed by atoms with E-state index >= 15 is 0 Å². The molecule has 6 nitrogen and oxygen atoms in total. The fraction of sp³-hybridized carbons (Fsp3) is 0.692. The molecule has 1 fully saturated rings. The van der Waals surface area contributed by atoms with Gasteiger partial charge in [0.2, 0.25) is 5.95 Å². The quantitative estimate of drug-likeness (QED) is 0.799. The minimum absolute atomic E-state index is 0.0627. The molecule has 0 radical (unpaired) electrons. The van der Waals surface area contributed by atoms with E-state index in [0.717, 1.165) is 37.1 Å². The first kappa shape index (κ1) is 13.7. The number of hydrogen-bond donors (Lipinski definition) is 1. The van der Waals surface area contributed by atoms with Crippen LogP contribution in [0.4, 0.5) is 5.95 Å². The minimum atomic E-state index is -0.859. The van der Waals surface area contributed by atoms with Crippen molar-refractivity contribution in [3.8, 4) is 0 Å². The third-order valence-corrected chi connectivity index (χ3v) is 3.28. The van der Waals surface area contributed by atoms with Crippen molar-refractivity contribution in [2.75, 3.05) is 18.0 Å². The highest BCUT2D eigenvalue weighted by Gasteiger charge is 2.27. The van der Waals surface area contributed by atoms with Gasteiger partial charge in [-0.3, -0.25) is 4.79 Å². The molecular formula is C13H20N4O2. The van der Waals surface area contributed by atoms with Gasteiger partial charge in [-0.1, -0.05) is 13.8 Å². The molecule has 0 aromatic carbocycles. The summed E-state index contributed by atoms with van der Waals surface area (Å²) in [4.78, 5) is 17.2. The largest absolute Gasteiger partial charge is 0.480 e. The number of aliphatic carboxylic acids is 1. The maximum absolute atomic E-state index is 10.9. The van der Waals surface area contributed by atoms with Crippen molar-refractivity contribution in [2.24, 2.45) is 5.92 Å². The zero-order chi connectivity index (χ0) is 13.8. The monoisotopic (exact) mass is 264 g/mol. The van der Waals surface area contributed by atoms with Crippen LogP contribution in [0.5, 0.6) is 0 Å². The summed E-state index contributed by atoms with van der Waals surface area (Å²) < 4.78 is 0. The minimum Gasteiger partial charge on any atom is -0.480 e. The van der Waals surface area contributed by atoms with Gasteiger partial charge in [-0.15, -0.1) is 5.10 Å². The zero-order valence-corrected chi connectivity index (χ0v) is 11.5. The highest BCUT2D eigenvalue weighted by molar-refractivity contribution is 5.72. The standard InChI is InChI=1S/C13H20N4O2/c1-3-10-11(4-2)15-16-13(14-10)17(8-12(18)19)7-9-5-6-9/h9H,3-8H2,1-2H3,(H,18,19). The number of nitrogens with zero attached hydrogens (tertiary/aromatic N) is 4. The Kier molecular flexibility index (Phi) is 4.29. The molecule has 1 saturated carbocycles. The van der Waals surface area contributed by atoms with Crippen molar-refractivity contribution in [3.05, 3.63) is 11.4 Å². The summed E-state index contributed by atoms with van der Waals surface area (Å²) in [5.41, 5.74) is 1.81. The summed E-state index contributed by atoms with van der Waals surface area (Å²) in [5, 5.41) is 17.3. The van der Waals surface area contributed by atoms with Crippen LogP contribution in [0.2, 0.25) is 0 Å². The summed E-state index contributed by atoms with van der Waals surface area (Å²) in [6.45, 7) is 4.69. The van der Waals surface area contributed by atoms with Crippen molar-refractivity contribution in [1.29, 1.82) is 0 Å². The molecule has 1 aliphatic carbocycles. The summed E-state index contributed by atoms with van der Waals surface area (Å²) in [7, 11) is 0. The molecule has 0 aliphatic heterocycles. The number of hydrogen-bond acceptors (Lipinski definition) is 5. The molecule has 6 heteroatoms. The van der Waals surface area contributed by atoms with Gasteiger partial charge in [0, 0.05) is 6.54 Å². The van der Waals surface area contributed by atoms with Gasteiger partial charge in [0.15, 0.2) is 0 Å². The number of rotatable bonds is 7. The first-order valence-corrected chi connectivity index (χ1v) is 6.83. The van der Waals surface area contributed by atoms with Crippen molar-refractivity contribution >= 4 is 11.9 Å². The van der Waals surface area contributed by atoms with Crippen molar-refractivity contribution in [1.82, 2.24) is 15.2 Å². The Balaban J connectivity index is 2.21. The topological polar surface area (TPSA) is 79.2 Å². The van der Waals surface area contributed by atoms with E-state index in [1.54, 1.807) is 4.90 Å². The Labute approximate surface area is 112 Å². The van der Waals surface area contributed by atoms with Gasteiger partial charge >= 0.3 is 5.97 Å². The Morgan fingerprint density at radius 3 is 2.47 bits per heavy atom. The van der Waals surface area contributed by atoms with E-state index in [1.807, 2.05) is 13.8 Å². The van der Waals surface area contributed by atoms with Gasteiger partial charge < -0.3 is 10.0 Å². The molecule has 1 aromatic rings. The number of carbonyl (C=O) groups is 1. The zero-order valence-electron chi connectivity index (χ0n) is 11.5. The predicted octanol–water partition coefficient (Wildman–Crippen LogP) is 1.30. The highest BCUT2D eigenvalue weighted by Crippen LogP contribution is 2.30. The highest BCUT2D eigenvalue weighted by atomic mass is 16.4.